The van der Waals surface area contributed by atoms with Gasteiger partial charge in [0.2, 0.25) is 11.7 Å². The van der Waals surface area contributed by atoms with Gasteiger partial charge in [0.05, 0.1) is 11.7 Å². The number of β-lactam (4-membered cyclic amide) rings is 1. The second-order valence-electron chi connectivity index (χ2n) is 9.35. The lowest BCUT2D eigenvalue weighted by atomic mass is 9.79. The summed E-state index contributed by atoms with van der Waals surface area (Å²) in [5.74, 6) is -0.379. The molecule has 3 aromatic carbocycles. The minimum absolute atomic E-state index is 0.0356. The van der Waals surface area contributed by atoms with Crippen molar-refractivity contribution in [3.63, 3.8) is 0 Å². The zero-order chi connectivity index (χ0) is 24.7. The van der Waals surface area contributed by atoms with Crippen LogP contribution in [-0.2, 0) is 11.8 Å². The molecule has 0 unspecified atom stereocenters. The average molecular weight is 464 g/mol. The predicted molar refractivity (Wildman–Crippen MR) is 140 cm³/mol. The summed E-state index contributed by atoms with van der Waals surface area (Å²) in [6.45, 7) is 2.00. The van der Waals surface area contributed by atoms with Crippen molar-refractivity contribution in [3.8, 4) is 0 Å². The lowest BCUT2D eigenvalue weighted by Gasteiger charge is -2.47. The molecule has 0 spiro atoms. The highest BCUT2D eigenvalue weighted by Gasteiger charge is 2.50. The first-order chi connectivity index (χ1) is 16.9. The summed E-state index contributed by atoms with van der Waals surface area (Å²) in [6.07, 6.45) is 0. The second kappa shape index (κ2) is 8.91. The van der Waals surface area contributed by atoms with Crippen molar-refractivity contribution in [3.05, 3.63) is 119 Å². The van der Waals surface area contributed by atoms with Crippen LogP contribution in [-0.4, -0.2) is 30.4 Å². The minimum Gasteiger partial charge on any atom is -0.378 e. The molecule has 0 bridgehead atoms. The summed E-state index contributed by atoms with van der Waals surface area (Å²) in [4.78, 5) is 30.7. The first-order valence-corrected chi connectivity index (χ1v) is 11.8. The zero-order valence-corrected chi connectivity index (χ0v) is 20.5. The number of hydrogen-bond acceptors (Lipinski definition) is 3. The van der Waals surface area contributed by atoms with Crippen LogP contribution in [0, 0.1) is 6.92 Å². The number of nitrogens with zero attached hydrogens (tertiary/aromatic N) is 3. The van der Waals surface area contributed by atoms with Crippen molar-refractivity contribution in [2.45, 2.75) is 18.9 Å². The molecule has 1 aliphatic heterocycles. The minimum atomic E-state index is -0.370. The molecule has 2 atom stereocenters. The Morgan fingerprint density at radius 1 is 0.829 bits per heavy atom. The van der Waals surface area contributed by atoms with Gasteiger partial charge in [0.15, 0.2) is 0 Å². The summed E-state index contributed by atoms with van der Waals surface area (Å²) in [6, 6.07) is 29.3. The molecule has 4 aromatic rings. The van der Waals surface area contributed by atoms with E-state index in [4.69, 9.17) is 0 Å². The highest BCUT2D eigenvalue weighted by molar-refractivity contribution is 6.09. The van der Waals surface area contributed by atoms with Crippen LogP contribution in [0.25, 0.3) is 0 Å². The summed E-state index contributed by atoms with van der Waals surface area (Å²) < 4.78 is 1.88. The molecule has 0 radical (unpaired) electrons. The van der Waals surface area contributed by atoms with E-state index in [1.165, 1.54) is 0 Å². The standard InChI is InChI=1S/C30H29N3O2/c1-20-10-12-22(13-11-20)29(34)26-19-18-25(32(26)4)27-28(21-14-16-23(17-15-21)31(2)3)33(30(27)35)24-8-6-5-7-9-24/h5-19,27-28H,1-4H3/t27-,28-/m1/s1. The number of carbonyl (C=O) groups is 2. The number of anilines is 2. The average Bonchev–Trinajstić information content (AvgIpc) is 3.23. The van der Waals surface area contributed by atoms with Crippen LogP contribution in [0.1, 0.15) is 44.8 Å². The quantitative estimate of drug-likeness (QED) is 0.280. The maximum atomic E-state index is 13.6. The van der Waals surface area contributed by atoms with Gasteiger partial charge in [-0.05, 0) is 48.9 Å². The third kappa shape index (κ3) is 3.93. The highest BCUT2D eigenvalue weighted by atomic mass is 16.2. The topological polar surface area (TPSA) is 45.6 Å². The van der Waals surface area contributed by atoms with Gasteiger partial charge in [-0.3, -0.25) is 9.59 Å². The fourth-order valence-corrected chi connectivity index (χ4v) is 4.88. The molecule has 5 heteroatoms. The molecule has 35 heavy (non-hydrogen) atoms. The molecular formula is C30H29N3O2. The first-order valence-electron chi connectivity index (χ1n) is 11.8. The lowest BCUT2D eigenvalue weighted by molar-refractivity contribution is -0.126. The van der Waals surface area contributed by atoms with Crippen LogP contribution in [0.3, 0.4) is 0 Å². The molecule has 0 aliphatic carbocycles. The Hall–Kier alpha value is -4.12. The van der Waals surface area contributed by atoms with E-state index in [9.17, 15) is 9.59 Å². The Kier molecular flexibility index (Phi) is 5.77. The van der Waals surface area contributed by atoms with Gasteiger partial charge in [0.1, 0.15) is 5.92 Å². The van der Waals surface area contributed by atoms with E-state index >= 15 is 0 Å². The van der Waals surface area contributed by atoms with Crippen LogP contribution in [0.2, 0.25) is 0 Å². The molecule has 1 amide bonds. The van der Waals surface area contributed by atoms with Crippen LogP contribution in [0.15, 0.2) is 91.0 Å². The second-order valence-corrected chi connectivity index (χ2v) is 9.35. The van der Waals surface area contributed by atoms with E-state index in [1.807, 2.05) is 104 Å². The summed E-state index contributed by atoms with van der Waals surface area (Å²) in [5, 5.41) is 0. The van der Waals surface area contributed by atoms with Gasteiger partial charge in [0, 0.05) is 43.8 Å². The van der Waals surface area contributed by atoms with Gasteiger partial charge in [-0.2, -0.15) is 0 Å². The Bertz CT molecular complexity index is 1370. The maximum Gasteiger partial charge on any atom is 0.239 e. The number of aryl methyl sites for hydroxylation is 1. The monoisotopic (exact) mass is 463 g/mol. The van der Waals surface area contributed by atoms with Gasteiger partial charge in [-0.1, -0.05) is 60.2 Å². The van der Waals surface area contributed by atoms with Crippen molar-refractivity contribution in [2.24, 2.45) is 7.05 Å². The Balaban J connectivity index is 1.53. The molecule has 1 aliphatic rings. The predicted octanol–water partition coefficient (Wildman–Crippen LogP) is 5.50. The van der Waals surface area contributed by atoms with Gasteiger partial charge >= 0.3 is 0 Å². The van der Waals surface area contributed by atoms with E-state index in [0.29, 0.717) is 11.3 Å². The molecular weight excluding hydrogens is 434 g/mol. The molecule has 0 N–H and O–H groups in total. The Morgan fingerprint density at radius 2 is 1.49 bits per heavy atom. The van der Waals surface area contributed by atoms with Gasteiger partial charge < -0.3 is 14.4 Å². The normalized spacial score (nSPS) is 17.3. The number of amides is 1. The van der Waals surface area contributed by atoms with Crippen LogP contribution in [0.5, 0.6) is 0 Å². The zero-order valence-electron chi connectivity index (χ0n) is 20.5. The van der Waals surface area contributed by atoms with Crippen molar-refractivity contribution in [2.75, 3.05) is 23.9 Å². The van der Waals surface area contributed by atoms with Crippen molar-refractivity contribution in [1.82, 2.24) is 4.57 Å². The number of carbonyl (C=O) groups excluding carboxylic acids is 2. The number of benzene rings is 3. The fourth-order valence-electron chi connectivity index (χ4n) is 4.88. The Labute approximate surface area is 206 Å². The highest BCUT2D eigenvalue weighted by Crippen LogP contribution is 2.49. The van der Waals surface area contributed by atoms with Gasteiger partial charge in [0.25, 0.3) is 0 Å². The van der Waals surface area contributed by atoms with E-state index in [2.05, 4.69) is 29.2 Å². The smallest absolute Gasteiger partial charge is 0.239 e. The van der Waals surface area contributed by atoms with E-state index in [-0.39, 0.29) is 23.7 Å². The number of rotatable bonds is 6. The van der Waals surface area contributed by atoms with Crippen LogP contribution in [0.4, 0.5) is 11.4 Å². The number of para-hydroxylation sites is 1. The number of aromatic nitrogens is 1. The molecule has 2 heterocycles. The van der Waals surface area contributed by atoms with Crippen molar-refractivity contribution >= 4 is 23.1 Å². The fraction of sp³-hybridized carbons (Fsp3) is 0.200. The molecule has 1 fully saturated rings. The van der Waals surface area contributed by atoms with E-state index in [1.54, 1.807) is 0 Å². The summed E-state index contributed by atoms with van der Waals surface area (Å²) in [7, 11) is 5.90. The Morgan fingerprint density at radius 3 is 2.11 bits per heavy atom. The molecule has 1 aromatic heterocycles. The van der Waals surface area contributed by atoms with Crippen molar-refractivity contribution < 1.29 is 9.59 Å². The molecule has 1 saturated heterocycles. The maximum absolute atomic E-state index is 13.6. The lowest BCUT2D eigenvalue weighted by Crippen LogP contribution is -2.54. The van der Waals surface area contributed by atoms with Crippen LogP contribution < -0.4 is 9.80 Å². The van der Waals surface area contributed by atoms with Gasteiger partial charge in [-0.25, -0.2) is 0 Å². The third-order valence-corrected chi connectivity index (χ3v) is 6.91. The molecule has 176 valence electrons. The molecule has 5 rings (SSSR count). The summed E-state index contributed by atoms with van der Waals surface area (Å²) >= 11 is 0. The first kappa shape index (κ1) is 22.7. The van der Waals surface area contributed by atoms with E-state index in [0.717, 1.165) is 28.2 Å². The number of hydrogen-bond donors (Lipinski definition) is 0. The number of ketones is 1. The van der Waals surface area contributed by atoms with Crippen molar-refractivity contribution in [1.29, 1.82) is 0 Å². The largest absolute Gasteiger partial charge is 0.378 e. The third-order valence-electron chi connectivity index (χ3n) is 6.91. The molecule has 0 saturated carbocycles. The van der Waals surface area contributed by atoms with Gasteiger partial charge in [-0.15, -0.1) is 0 Å². The summed E-state index contributed by atoms with van der Waals surface area (Å²) in [5.41, 5.74) is 6.23. The van der Waals surface area contributed by atoms with Crippen LogP contribution >= 0.6 is 0 Å². The molecule has 5 nitrogen and oxygen atoms in total. The SMILES string of the molecule is Cc1ccc(C(=O)c2ccc([C@H]3C(=O)N(c4ccccc4)[C@@H]3c3ccc(N(C)C)cc3)n2C)cc1. The van der Waals surface area contributed by atoms with E-state index < -0.39 is 0 Å².